The highest BCUT2D eigenvalue weighted by Crippen LogP contribution is 2.26. The molecule has 26 heavy (non-hydrogen) atoms. The first kappa shape index (κ1) is 20.5. The fraction of sp³-hybridized carbons (Fsp3) is 0.579. The van der Waals surface area contributed by atoms with Gasteiger partial charge >= 0.3 is 0 Å². The van der Waals surface area contributed by atoms with Gasteiger partial charge in [0, 0.05) is 25.4 Å². The number of ether oxygens (including phenoxy) is 1. The van der Waals surface area contributed by atoms with E-state index >= 15 is 0 Å². The number of carbonyl (C=O) groups excluding carboxylic acids is 2. The highest BCUT2D eigenvalue weighted by molar-refractivity contribution is 5.85. The minimum atomic E-state index is -0.102. The van der Waals surface area contributed by atoms with Crippen molar-refractivity contribution in [2.45, 2.75) is 44.2 Å². The molecule has 3 N–H and O–H groups in total. The molecule has 0 aromatic heterocycles. The van der Waals surface area contributed by atoms with Crippen LogP contribution in [-0.2, 0) is 9.59 Å². The molecular formula is C19H28ClN3O3. The number of likely N-dealkylation sites (tertiary alicyclic amines) is 1. The van der Waals surface area contributed by atoms with Crippen molar-refractivity contribution < 1.29 is 14.3 Å². The predicted molar refractivity (Wildman–Crippen MR) is 102 cm³/mol. The van der Waals surface area contributed by atoms with Gasteiger partial charge in [0.2, 0.25) is 11.8 Å². The van der Waals surface area contributed by atoms with Crippen LogP contribution in [0, 0.1) is 5.92 Å². The highest BCUT2D eigenvalue weighted by Gasteiger charge is 2.32. The lowest BCUT2D eigenvalue weighted by Crippen LogP contribution is -2.39. The van der Waals surface area contributed by atoms with E-state index in [0.717, 1.165) is 25.0 Å². The Bertz CT molecular complexity index is 599. The molecule has 144 valence electrons. The predicted octanol–water partition coefficient (Wildman–Crippen LogP) is 1.72. The summed E-state index contributed by atoms with van der Waals surface area (Å²) in [4.78, 5) is 26.1. The van der Waals surface area contributed by atoms with E-state index in [9.17, 15) is 9.59 Å². The van der Waals surface area contributed by atoms with Crippen LogP contribution in [0.5, 0.6) is 5.75 Å². The van der Waals surface area contributed by atoms with Gasteiger partial charge in [-0.15, -0.1) is 12.4 Å². The van der Waals surface area contributed by atoms with Crippen molar-refractivity contribution >= 4 is 24.2 Å². The first-order valence-corrected chi connectivity index (χ1v) is 9.12. The molecule has 7 heteroatoms. The lowest BCUT2D eigenvalue weighted by Gasteiger charge is -2.19. The first-order chi connectivity index (χ1) is 12.1. The van der Waals surface area contributed by atoms with Crippen molar-refractivity contribution in [1.29, 1.82) is 0 Å². The SMILES string of the molecule is Cl.N[C@@H]1CCC[C@H]1CC(=O)NC1CC(=O)N(CCOc2ccccc2)C1. The molecular weight excluding hydrogens is 354 g/mol. The zero-order chi connectivity index (χ0) is 17.6. The average molecular weight is 382 g/mol. The number of para-hydroxylation sites is 1. The normalized spacial score (nSPS) is 25.0. The molecule has 2 fully saturated rings. The number of benzene rings is 1. The van der Waals surface area contributed by atoms with E-state index in [0.29, 0.717) is 32.5 Å². The number of nitrogens with two attached hydrogens (primary N) is 1. The highest BCUT2D eigenvalue weighted by atomic mass is 35.5. The summed E-state index contributed by atoms with van der Waals surface area (Å²) in [6.45, 7) is 1.54. The maximum atomic E-state index is 12.2. The van der Waals surface area contributed by atoms with Gasteiger partial charge in [0.05, 0.1) is 12.6 Å². The first-order valence-electron chi connectivity index (χ1n) is 9.12. The molecule has 2 amide bonds. The quantitative estimate of drug-likeness (QED) is 0.753. The third kappa shape index (κ3) is 5.61. The average Bonchev–Trinajstić information content (AvgIpc) is 3.14. The Morgan fingerprint density at radius 2 is 2.04 bits per heavy atom. The van der Waals surface area contributed by atoms with Gasteiger partial charge < -0.3 is 20.7 Å². The molecule has 1 heterocycles. The summed E-state index contributed by atoms with van der Waals surface area (Å²) >= 11 is 0. The molecule has 1 saturated heterocycles. The molecule has 3 atom stereocenters. The summed E-state index contributed by atoms with van der Waals surface area (Å²) in [5, 5.41) is 3.00. The third-order valence-electron chi connectivity index (χ3n) is 5.12. The zero-order valence-corrected chi connectivity index (χ0v) is 15.7. The molecule has 6 nitrogen and oxygen atoms in total. The van der Waals surface area contributed by atoms with Crippen LogP contribution in [0.4, 0.5) is 0 Å². The van der Waals surface area contributed by atoms with E-state index in [2.05, 4.69) is 5.32 Å². The number of nitrogens with one attached hydrogen (secondary N) is 1. The number of hydrogen-bond acceptors (Lipinski definition) is 4. The third-order valence-corrected chi connectivity index (χ3v) is 5.12. The summed E-state index contributed by atoms with van der Waals surface area (Å²) in [6.07, 6.45) is 3.99. The largest absolute Gasteiger partial charge is 0.492 e. The van der Waals surface area contributed by atoms with Crippen molar-refractivity contribution in [3.8, 4) is 5.75 Å². The Balaban J connectivity index is 0.00000243. The second kappa shape index (κ2) is 9.78. The standard InChI is InChI=1S/C19H27N3O3.ClH/c20-17-8-4-5-14(17)11-18(23)21-15-12-19(24)22(13-15)9-10-25-16-6-2-1-3-7-16;/h1-3,6-7,14-15,17H,4-5,8-13,20H2,(H,21,23);1H/t14-,15?,17+;/m0./s1. The molecule has 0 radical (unpaired) electrons. The molecule has 3 rings (SSSR count). The van der Waals surface area contributed by atoms with Crippen LogP contribution in [0.1, 0.15) is 32.1 Å². The minimum absolute atomic E-state index is 0. The molecule has 1 aliphatic carbocycles. The number of halogens is 1. The lowest BCUT2D eigenvalue weighted by molar-refractivity contribution is -0.128. The van der Waals surface area contributed by atoms with Crippen LogP contribution in [0.25, 0.3) is 0 Å². The Kier molecular flexibility index (Phi) is 7.72. The number of nitrogens with zero attached hydrogens (tertiary/aromatic N) is 1. The van der Waals surface area contributed by atoms with Crippen molar-refractivity contribution in [3.63, 3.8) is 0 Å². The Labute approximate surface area is 160 Å². The van der Waals surface area contributed by atoms with Crippen molar-refractivity contribution in [1.82, 2.24) is 10.2 Å². The van der Waals surface area contributed by atoms with Crippen molar-refractivity contribution in [2.24, 2.45) is 11.7 Å². The molecule has 1 aromatic carbocycles. The molecule has 1 aliphatic heterocycles. The van der Waals surface area contributed by atoms with E-state index in [4.69, 9.17) is 10.5 Å². The summed E-state index contributed by atoms with van der Waals surface area (Å²) in [7, 11) is 0. The minimum Gasteiger partial charge on any atom is -0.492 e. The maximum absolute atomic E-state index is 12.2. The second-order valence-electron chi connectivity index (χ2n) is 7.03. The summed E-state index contributed by atoms with van der Waals surface area (Å²) in [6, 6.07) is 9.58. The van der Waals surface area contributed by atoms with Crippen LogP contribution in [0.3, 0.4) is 0 Å². The van der Waals surface area contributed by atoms with Gasteiger partial charge in [0.25, 0.3) is 0 Å². The van der Waals surface area contributed by atoms with Crippen molar-refractivity contribution in [3.05, 3.63) is 30.3 Å². The molecule has 1 saturated carbocycles. The van der Waals surface area contributed by atoms with Crippen LogP contribution in [0.2, 0.25) is 0 Å². The van der Waals surface area contributed by atoms with Gasteiger partial charge in [-0.3, -0.25) is 9.59 Å². The van der Waals surface area contributed by atoms with Crippen LogP contribution in [0.15, 0.2) is 30.3 Å². The number of amides is 2. The van der Waals surface area contributed by atoms with Crippen molar-refractivity contribution in [2.75, 3.05) is 19.7 Å². The van der Waals surface area contributed by atoms with E-state index < -0.39 is 0 Å². The van der Waals surface area contributed by atoms with E-state index in [-0.39, 0.29) is 42.2 Å². The monoisotopic (exact) mass is 381 g/mol. The maximum Gasteiger partial charge on any atom is 0.224 e. The number of hydrogen-bond donors (Lipinski definition) is 2. The fourth-order valence-corrected chi connectivity index (χ4v) is 3.72. The van der Waals surface area contributed by atoms with Crippen LogP contribution in [-0.4, -0.2) is 48.5 Å². The van der Waals surface area contributed by atoms with E-state index in [1.807, 2.05) is 30.3 Å². The van der Waals surface area contributed by atoms with Crippen LogP contribution >= 0.6 is 12.4 Å². The second-order valence-corrected chi connectivity index (χ2v) is 7.03. The Morgan fingerprint density at radius 1 is 1.27 bits per heavy atom. The summed E-state index contributed by atoms with van der Waals surface area (Å²) < 4.78 is 5.64. The molecule has 1 aromatic rings. The molecule has 0 bridgehead atoms. The van der Waals surface area contributed by atoms with Gasteiger partial charge in [0.1, 0.15) is 12.4 Å². The zero-order valence-electron chi connectivity index (χ0n) is 14.9. The number of rotatable bonds is 7. The molecule has 2 aliphatic rings. The van der Waals surface area contributed by atoms with Gasteiger partial charge in [0.15, 0.2) is 0 Å². The van der Waals surface area contributed by atoms with Gasteiger partial charge in [-0.25, -0.2) is 0 Å². The number of carbonyl (C=O) groups is 2. The Morgan fingerprint density at radius 3 is 2.73 bits per heavy atom. The lowest BCUT2D eigenvalue weighted by atomic mass is 9.99. The van der Waals surface area contributed by atoms with Gasteiger partial charge in [-0.05, 0) is 30.9 Å². The van der Waals surface area contributed by atoms with Gasteiger partial charge in [-0.2, -0.15) is 0 Å². The van der Waals surface area contributed by atoms with Gasteiger partial charge in [-0.1, -0.05) is 24.6 Å². The van der Waals surface area contributed by atoms with E-state index in [1.54, 1.807) is 4.90 Å². The molecule has 1 unspecified atom stereocenters. The fourth-order valence-electron chi connectivity index (χ4n) is 3.72. The smallest absolute Gasteiger partial charge is 0.224 e. The summed E-state index contributed by atoms with van der Waals surface area (Å²) in [5.74, 6) is 1.17. The topological polar surface area (TPSA) is 84.7 Å². The van der Waals surface area contributed by atoms with E-state index in [1.165, 1.54) is 0 Å². The van der Waals surface area contributed by atoms with Crippen LogP contribution < -0.4 is 15.8 Å². The molecule has 0 spiro atoms. The summed E-state index contributed by atoms with van der Waals surface area (Å²) in [5.41, 5.74) is 6.03. The Hall–Kier alpha value is -1.79.